The SMILES string of the molecule is Cc1cccc(CN)c1N1CCC(C(C)O)C1. The number of hydrogen-bond acceptors (Lipinski definition) is 3. The predicted octanol–water partition coefficient (Wildman–Crippen LogP) is 1.66. The molecule has 2 unspecified atom stereocenters. The number of rotatable bonds is 3. The first kappa shape index (κ1) is 12.4. The highest BCUT2D eigenvalue weighted by atomic mass is 16.3. The molecule has 0 bridgehead atoms. The Bertz CT molecular complexity index is 390. The molecular weight excluding hydrogens is 212 g/mol. The van der Waals surface area contributed by atoms with Crippen molar-refractivity contribution in [2.45, 2.75) is 32.9 Å². The second-order valence-electron chi connectivity index (χ2n) is 5.02. The van der Waals surface area contributed by atoms with E-state index in [1.807, 2.05) is 6.92 Å². The number of aliphatic hydroxyl groups is 1. The number of aryl methyl sites for hydroxylation is 1. The third kappa shape index (κ3) is 2.45. The standard InChI is InChI=1S/C14H22N2O/c1-10-4-3-5-12(8-15)14(10)16-7-6-13(9-16)11(2)17/h3-5,11,13,17H,6-9,15H2,1-2H3. The monoisotopic (exact) mass is 234 g/mol. The average molecular weight is 234 g/mol. The minimum absolute atomic E-state index is 0.217. The van der Waals surface area contributed by atoms with Gasteiger partial charge in [-0.3, -0.25) is 0 Å². The lowest BCUT2D eigenvalue weighted by Crippen LogP contribution is -2.25. The van der Waals surface area contributed by atoms with Crippen molar-refractivity contribution in [2.24, 2.45) is 11.7 Å². The Balaban J connectivity index is 2.24. The van der Waals surface area contributed by atoms with E-state index in [-0.39, 0.29) is 6.10 Å². The zero-order valence-electron chi connectivity index (χ0n) is 10.7. The molecule has 1 aromatic rings. The van der Waals surface area contributed by atoms with Crippen LogP contribution in [-0.4, -0.2) is 24.3 Å². The molecule has 0 saturated carbocycles. The van der Waals surface area contributed by atoms with Crippen LogP contribution in [0.5, 0.6) is 0 Å². The van der Waals surface area contributed by atoms with Crippen LogP contribution in [0, 0.1) is 12.8 Å². The summed E-state index contributed by atoms with van der Waals surface area (Å²) in [5.74, 6) is 0.389. The van der Waals surface area contributed by atoms with Crippen LogP contribution in [0.25, 0.3) is 0 Å². The summed E-state index contributed by atoms with van der Waals surface area (Å²) in [5, 5.41) is 9.66. The molecule has 1 aromatic carbocycles. The number of nitrogens with zero attached hydrogens (tertiary/aromatic N) is 1. The van der Waals surface area contributed by atoms with Crippen LogP contribution in [0.15, 0.2) is 18.2 Å². The lowest BCUT2D eigenvalue weighted by Gasteiger charge is -2.24. The summed E-state index contributed by atoms with van der Waals surface area (Å²) in [6, 6.07) is 6.28. The van der Waals surface area contributed by atoms with Crippen LogP contribution >= 0.6 is 0 Å². The molecule has 3 nitrogen and oxygen atoms in total. The zero-order valence-corrected chi connectivity index (χ0v) is 10.7. The molecule has 2 atom stereocenters. The summed E-state index contributed by atoms with van der Waals surface area (Å²) in [6.07, 6.45) is 0.848. The summed E-state index contributed by atoms with van der Waals surface area (Å²) >= 11 is 0. The predicted molar refractivity (Wildman–Crippen MR) is 71.1 cm³/mol. The van der Waals surface area contributed by atoms with E-state index in [4.69, 9.17) is 5.73 Å². The van der Waals surface area contributed by atoms with Crippen LogP contribution in [-0.2, 0) is 6.54 Å². The molecule has 1 saturated heterocycles. The van der Waals surface area contributed by atoms with E-state index < -0.39 is 0 Å². The smallest absolute Gasteiger partial charge is 0.0557 e. The van der Waals surface area contributed by atoms with Gasteiger partial charge in [0, 0.05) is 31.2 Å². The molecule has 0 amide bonds. The number of anilines is 1. The number of benzene rings is 1. The highest BCUT2D eigenvalue weighted by Gasteiger charge is 2.27. The van der Waals surface area contributed by atoms with Gasteiger partial charge in [-0.25, -0.2) is 0 Å². The van der Waals surface area contributed by atoms with Crippen molar-refractivity contribution in [3.63, 3.8) is 0 Å². The van der Waals surface area contributed by atoms with E-state index in [2.05, 4.69) is 30.0 Å². The third-order valence-electron chi connectivity index (χ3n) is 3.76. The van der Waals surface area contributed by atoms with Crippen molar-refractivity contribution in [1.82, 2.24) is 0 Å². The topological polar surface area (TPSA) is 49.5 Å². The first-order chi connectivity index (χ1) is 8.13. The molecule has 1 fully saturated rings. The normalized spacial score (nSPS) is 21.9. The Kier molecular flexibility index (Phi) is 3.69. The van der Waals surface area contributed by atoms with Gasteiger partial charge in [0.25, 0.3) is 0 Å². The number of nitrogens with two attached hydrogens (primary N) is 1. The molecule has 0 radical (unpaired) electrons. The lowest BCUT2D eigenvalue weighted by molar-refractivity contribution is 0.136. The Morgan fingerprint density at radius 3 is 2.88 bits per heavy atom. The maximum atomic E-state index is 9.66. The van der Waals surface area contributed by atoms with Gasteiger partial charge in [-0.05, 0) is 31.4 Å². The van der Waals surface area contributed by atoms with E-state index in [0.717, 1.165) is 19.5 Å². The van der Waals surface area contributed by atoms with E-state index in [9.17, 15) is 5.11 Å². The molecule has 3 heteroatoms. The molecule has 0 spiro atoms. The van der Waals surface area contributed by atoms with E-state index in [1.54, 1.807) is 0 Å². The number of para-hydroxylation sites is 1. The van der Waals surface area contributed by atoms with Gasteiger partial charge in [-0.1, -0.05) is 18.2 Å². The molecule has 17 heavy (non-hydrogen) atoms. The summed E-state index contributed by atoms with van der Waals surface area (Å²) in [6.45, 7) is 6.55. The number of hydrogen-bond donors (Lipinski definition) is 2. The minimum atomic E-state index is -0.217. The maximum absolute atomic E-state index is 9.66. The zero-order chi connectivity index (χ0) is 12.4. The van der Waals surface area contributed by atoms with Crippen LogP contribution in [0.3, 0.4) is 0 Å². The molecule has 1 heterocycles. The summed E-state index contributed by atoms with van der Waals surface area (Å²) in [4.78, 5) is 2.37. The Morgan fingerprint density at radius 1 is 1.53 bits per heavy atom. The van der Waals surface area contributed by atoms with Crippen LogP contribution in [0.2, 0.25) is 0 Å². The van der Waals surface area contributed by atoms with Crippen molar-refractivity contribution >= 4 is 5.69 Å². The third-order valence-corrected chi connectivity index (χ3v) is 3.76. The van der Waals surface area contributed by atoms with Gasteiger partial charge in [0.05, 0.1) is 6.10 Å². The summed E-state index contributed by atoms with van der Waals surface area (Å²) in [5.41, 5.74) is 9.56. The second-order valence-corrected chi connectivity index (χ2v) is 5.02. The summed E-state index contributed by atoms with van der Waals surface area (Å²) in [7, 11) is 0. The van der Waals surface area contributed by atoms with Crippen molar-refractivity contribution in [1.29, 1.82) is 0 Å². The van der Waals surface area contributed by atoms with Crippen molar-refractivity contribution in [3.8, 4) is 0 Å². The molecule has 0 aliphatic carbocycles. The average Bonchev–Trinajstić information content (AvgIpc) is 2.77. The molecule has 2 rings (SSSR count). The fraction of sp³-hybridized carbons (Fsp3) is 0.571. The van der Waals surface area contributed by atoms with Crippen molar-refractivity contribution in [3.05, 3.63) is 29.3 Å². The van der Waals surface area contributed by atoms with Crippen molar-refractivity contribution < 1.29 is 5.11 Å². The highest BCUT2D eigenvalue weighted by Crippen LogP contribution is 2.31. The van der Waals surface area contributed by atoms with Gasteiger partial charge in [0.15, 0.2) is 0 Å². The van der Waals surface area contributed by atoms with Gasteiger partial charge in [0.1, 0.15) is 0 Å². The molecule has 3 N–H and O–H groups in total. The minimum Gasteiger partial charge on any atom is -0.393 e. The first-order valence-corrected chi connectivity index (χ1v) is 6.35. The summed E-state index contributed by atoms with van der Waals surface area (Å²) < 4.78 is 0. The Morgan fingerprint density at radius 2 is 2.29 bits per heavy atom. The molecular formula is C14H22N2O. The molecule has 1 aliphatic heterocycles. The van der Waals surface area contributed by atoms with E-state index >= 15 is 0 Å². The molecule has 1 aliphatic rings. The first-order valence-electron chi connectivity index (χ1n) is 6.35. The second kappa shape index (κ2) is 5.07. The van der Waals surface area contributed by atoms with Gasteiger partial charge in [-0.2, -0.15) is 0 Å². The van der Waals surface area contributed by atoms with Gasteiger partial charge >= 0.3 is 0 Å². The van der Waals surface area contributed by atoms with Gasteiger partial charge < -0.3 is 15.7 Å². The van der Waals surface area contributed by atoms with E-state index in [0.29, 0.717) is 12.5 Å². The molecule has 0 aromatic heterocycles. The van der Waals surface area contributed by atoms with Crippen molar-refractivity contribution in [2.75, 3.05) is 18.0 Å². The fourth-order valence-corrected chi connectivity index (χ4v) is 2.72. The lowest BCUT2D eigenvalue weighted by atomic mass is 10.0. The van der Waals surface area contributed by atoms with Crippen LogP contribution in [0.4, 0.5) is 5.69 Å². The molecule has 94 valence electrons. The van der Waals surface area contributed by atoms with Gasteiger partial charge in [0.2, 0.25) is 0 Å². The Labute approximate surface area is 103 Å². The maximum Gasteiger partial charge on any atom is 0.0557 e. The van der Waals surface area contributed by atoms with Crippen LogP contribution in [0.1, 0.15) is 24.5 Å². The number of aliphatic hydroxyl groups excluding tert-OH is 1. The quantitative estimate of drug-likeness (QED) is 0.836. The fourth-order valence-electron chi connectivity index (χ4n) is 2.72. The largest absolute Gasteiger partial charge is 0.393 e. The van der Waals surface area contributed by atoms with Crippen LogP contribution < -0.4 is 10.6 Å². The van der Waals surface area contributed by atoms with Gasteiger partial charge in [-0.15, -0.1) is 0 Å². The van der Waals surface area contributed by atoms with E-state index in [1.165, 1.54) is 16.8 Å². The Hall–Kier alpha value is -1.06. The highest BCUT2D eigenvalue weighted by molar-refractivity contribution is 5.60.